The Bertz CT molecular complexity index is 1070. The number of anilines is 1. The van der Waals surface area contributed by atoms with E-state index < -0.39 is 0 Å². The van der Waals surface area contributed by atoms with E-state index in [1.165, 1.54) is 0 Å². The molecule has 2 amide bonds. The van der Waals surface area contributed by atoms with Crippen LogP contribution in [0.2, 0.25) is 0 Å². The summed E-state index contributed by atoms with van der Waals surface area (Å²) in [5, 5.41) is 10.4. The van der Waals surface area contributed by atoms with Crippen molar-refractivity contribution in [3.05, 3.63) is 52.3 Å². The van der Waals surface area contributed by atoms with Crippen LogP contribution >= 0.6 is 0 Å². The Morgan fingerprint density at radius 2 is 1.89 bits per heavy atom. The van der Waals surface area contributed by atoms with Gasteiger partial charge >= 0.3 is 0 Å². The SMILES string of the molecule is Cc1cc(C(=O)Nc2cc(C(=O)NC3CC3)ccc2C)c2c(C)noc2n1. The van der Waals surface area contributed by atoms with Gasteiger partial charge in [0.2, 0.25) is 0 Å². The van der Waals surface area contributed by atoms with Crippen LogP contribution in [0.15, 0.2) is 28.8 Å². The van der Waals surface area contributed by atoms with Crippen LogP contribution in [-0.2, 0) is 0 Å². The number of nitrogens with one attached hydrogen (secondary N) is 2. The third-order valence-electron chi connectivity index (χ3n) is 4.65. The molecule has 7 heteroatoms. The van der Waals surface area contributed by atoms with Crippen LogP contribution in [0, 0.1) is 20.8 Å². The Morgan fingerprint density at radius 1 is 1.11 bits per heavy atom. The van der Waals surface area contributed by atoms with Crippen molar-refractivity contribution in [1.82, 2.24) is 15.5 Å². The van der Waals surface area contributed by atoms with Crippen molar-refractivity contribution >= 4 is 28.6 Å². The maximum atomic E-state index is 12.9. The molecule has 2 aromatic heterocycles. The van der Waals surface area contributed by atoms with Crippen molar-refractivity contribution in [3.8, 4) is 0 Å². The maximum absolute atomic E-state index is 12.9. The summed E-state index contributed by atoms with van der Waals surface area (Å²) in [6.45, 7) is 5.45. The summed E-state index contributed by atoms with van der Waals surface area (Å²) in [5.74, 6) is -0.412. The highest BCUT2D eigenvalue weighted by atomic mass is 16.5. The fraction of sp³-hybridized carbons (Fsp3) is 0.300. The van der Waals surface area contributed by atoms with Crippen LogP contribution < -0.4 is 10.6 Å². The van der Waals surface area contributed by atoms with E-state index in [4.69, 9.17) is 4.52 Å². The molecule has 138 valence electrons. The van der Waals surface area contributed by atoms with Crippen molar-refractivity contribution in [2.45, 2.75) is 39.7 Å². The largest absolute Gasteiger partial charge is 0.349 e. The smallest absolute Gasteiger partial charge is 0.258 e. The molecule has 1 saturated carbocycles. The minimum absolute atomic E-state index is 0.120. The van der Waals surface area contributed by atoms with Gasteiger partial charge in [0.25, 0.3) is 17.5 Å². The van der Waals surface area contributed by atoms with Gasteiger partial charge in [-0.15, -0.1) is 0 Å². The lowest BCUT2D eigenvalue weighted by molar-refractivity contribution is 0.0949. The molecule has 0 aliphatic heterocycles. The Labute approximate surface area is 156 Å². The van der Waals surface area contributed by atoms with Crippen molar-refractivity contribution in [3.63, 3.8) is 0 Å². The van der Waals surface area contributed by atoms with E-state index >= 15 is 0 Å². The molecule has 1 fully saturated rings. The average Bonchev–Trinajstić information content (AvgIpc) is 3.37. The number of carbonyl (C=O) groups is 2. The molecule has 2 heterocycles. The van der Waals surface area contributed by atoms with Gasteiger partial charge in [-0.1, -0.05) is 11.2 Å². The van der Waals surface area contributed by atoms with Crippen LogP contribution in [-0.4, -0.2) is 28.0 Å². The third-order valence-corrected chi connectivity index (χ3v) is 4.65. The van der Waals surface area contributed by atoms with E-state index in [-0.39, 0.29) is 17.9 Å². The van der Waals surface area contributed by atoms with Gasteiger partial charge in [0.15, 0.2) is 0 Å². The normalized spacial score (nSPS) is 13.6. The van der Waals surface area contributed by atoms with Gasteiger partial charge in [0.1, 0.15) is 0 Å². The summed E-state index contributed by atoms with van der Waals surface area (Å²) < 4.78 is 5.19. The van der Waals surface area contributed by atoms with E-state index in [0.29, 0.717) is 39.3 Å². The van der Waals surface area contributed by atoms with E-state index in [9.17, 15) is 9.59 Å². The number of hydrogen-bond acceptors (Lipinski definition) is 5. The van der Waals surface area contributed by atoms with Gasteiger partial charge in [-0.05, 0) is 57.4 Å². The van der Waals surface area contributed by atoms with Crippen molar-refractivity contribution in [2.75, 3.05) is 5.32 Å². The first-order valence-electron chi connectivity index (χ1n) is 8.89. The zero-order chi connectivity index (χ0) is 19.1. The van der Waals surface area contributed by atoms with Crippen LogP contribution in [0.3, 0.4) is 0 Å². The second kappa shape index (κ2) is 6.50. The first kappa shape index (κ1) is 17.2. The fourth-order valence-corrected chi connectivity index (χ4v) is 2.98. The number of rotatable bonds is 4. The fourth-order valence-electron chi connectivity index (χ4n) is 2.98. The number of nitrogens with zero attached hydrogens (tertiary/aromatic N) is 2. The highest BCUT2D eigenvalue weighted by Crippen LogP contribution is 2.25. The lowest BCUT2D eigenvalue weighted by Gasteiger charge is -2.12. The Kier molecular flexibility index (Phi) is 4.14. The first-order valence-corrected chi connectivity index (χ1v) is 8.89. The second-order valence-corrected chi connectivity index (χ2v) is 6.99. The molecule has 0 atom stereocenters. The lowest BCUT2D eigenvalue weighted by Crippen LogP contribution is -2.25. The predicted molar refractivity (Wildman–Crippen MR) is 101 cm³/mol. The Morgan fingerprint density at radius 3 is 2.63 bits per heavy atom. The van der Waals surface area contributed by atoms with E-state index in [1.54, 1.807) is 32.0 Å². The summed E-state index contributed by atoms with van der Waals surface area (Å²) in [6.07, 6.45) is 2.05. The van der Waals surface area contributed by atoms with Gasteiger partial charge in [0.05, 0.1) is 16.6 Å². The molecule has 0 radical (unpaired) electrons. The zero-order valence-corrected chi connectivity index (χ0v) is 15.4. The Balaban J connectivity index is 1.65. The molecule has 1 aliphatic rings. The number of amides is 2. The molecular formula is C20H20N4O3. The molecule has 3 aromatic rings. The second-order valence-electron chi connectivity index (χ2n) is 6.99. The summed E-state index contributed by atoms with van der Waals surface area (Å²) in [6, 6.07) is 7.29. The van der Waals surface area contributed by atoms with Crippen LogP contribution in [0.1, 0.15) is 50.5 Å². The molecule has 0 saturated heterocycles. The first-order chi connectivity index (χ1) is 12.9. The monoisotopic (exact) mass is 364 g/mol. The average molecular weight is 364 g/mol. The lowest BCUT2D eigenvalue weighted by atomic mass is 10.1. The highest BCUT2D eigenvalue weighted by Gasteiger charge is 2.24. The minimum Gasteiger partial charge on any atom is -0.349 e. The van der Waals surface area contributed by atoms with E-state index in [0.717, 1.165) is 18.4 Å². The molecule has 2 N–H and O–H groups in total. The number of benzene rings is 1. The number of aryl methyl sites for hydroxylation is 3. The summed E-state index contributed by atoms with van der Waals surface area (Å²) >= 11 is 0. The van der Waals surface area contributed by atoms with E-state index in [1.807, 2.05) is 13.0 Å². The molecule has 0 bridgehead atoms. The van der Waals surface area contributed by atoms with Gasteiger partial charge in [-0.3, -0.25) is 9.59 Å². The predicted octanol–water partition coefficient (Wildman–Crippen LogP) is 3.29. The standard InChI is InChI=1S/C20H20N4O3/c1-10-4-5-13(18(25)22-14-6-7-14)9-16(10)23-19(26)15-8-11(2)21-20-17(15)12(3)24-27-20/h4-5,8-9,14H,6-7H2,1-3H3,(H,22,25)(H,23,26). The number of fused-ring (bicyclic) bond motifs is 1. The molecule has 0 unspecified atom stereocenters. The maximum Gasteiger partial charge on any atom is 0.258 e. The third kappa shape index (κ3) is 3.40. The molecule has 0 spiro atoms. The summed E-state index contributed by atoms with van der Waals surface area (Å²) in [7, 11) is 0. The molecule has 7 nitrogen and oxygen atoms in total. The Hall–Kier alpha value is -3.22. The summed E-state index contributed by atoms with van der Waals surface area (Å²) in [4.78, 5) is 29.5. The number of aromatic nitrogens is 2. The van der Waals surface area contributed by atoms with Crippen LogP contribution in [0.25, 0.3) is 11.1 Å². The topological polar surface area (TPSA) is 97.1 Å². The van der Waals surface area contributed by atoms with Gasteiger partial charge in [-0.2, -0.15) is 0 Å². The van der Waals surface area contributed by atoms with Crippen molar-refractivity contribution in [2.24, 2.45) is 0 Å². The number of hydrogen-bond donors (Lipinski definition) is 2. The van der Waals surface area contributed by atoms with Gasteiger partial charge < -0.3 is 15.2 Å². The van der Waals surface area contributed by atoms with Gasteiger partial charge in [0, 0.05) is 23.0 Å². The van der Waals surface area contributed by atoms with Crippen LogP contribution in [0.4, 0.5) is 5.69 Å². The highest BCUT2D eigenvalue weighted by molar-refractivity contribution is 6.12. The molecular weight excluding hydrogens is 344 g/mol. The van der Waals surface area contributed by atoms with Crippen molar-refractivity contribution < 1.29 is 14.1 Å². The molecule has 4 rings (SSSR count). The number of carbonyl (C=O) groups excluding carboxylic acids is 2. The molecule has 1 aliphatic carbocycles. The van der Waals surface area contributed by atoms with Crippen LogP contribution in [0.5, 0.6) is 0 Å². The van der Waals surface area contributed by atoms with Crippen molar-refractivity contribution in [1.29, 1.82) is 0 Å². The van der Waals surface area contributed by atoms with E-state index in [2.05, 4.69) is 20.8 Å². The van der Waals surface area contributed by atoms with Gasteiger partial charge in [-0.25, -0.2) is 4.98 Å². The summed E-state index contributed by atoms with van der Waals surface area (Å²) in [5.41, 5.74) is 4.06. The number of pyridine rings is 1. The molecule has 27 heavy (non-hydrogen) atoms. The zero-order valence-electron chi connectivity index (χ0n) is 15.4. The quantitative estimate of drug-likeness (QED) is 0.740. The molecule has 1 aromatic carbocycles. The minimum atomic E-state index is -0.292.